The number of primary amides is 1. The van der Waals surface area contributed by atoms with Crippen LogP contribution >= 0.6 is 0 Å². The van der Waals surface area contributed by atoms with Crippen molar-refractivity contribution in [1.29, 1.82) is 0 Å². The summed E-state index contributed by atoms with van der Waals surface area (Å²) in [4.78, 5) is 15.3. The summed E-state index contributed by atoms with van der Waals surface area (Å²) in [5.74, 6) is 0.112. The van der Waals surface area contributed by atoms with Crippen LogP contribution in [0, 0.1) is 6.92 Å². The molecule has 0 aliphatic carbocycles. The maximum Gasteiger partial charge on any atom is 0.250 e. The summed E-state index contributed by atoms with van der Waals surface area (Å²) < 4.78 is 5.73. The number of pyridine rings is 1. The van der Waals surface area contributed by atoms with Crippen LogP contribution in [0.25, 0.3) is 0 Å². The Kier molecular flexibility index (Phi) is 3.28. The lowest BCUT2D eigenvalue weighted by Crippen LogP contribution is -2.51. The molecular formula is C12H17N3O2. The molecule has 1 amide bonds. The van der Waals surface area contributed by atoms with Crippen molar-refractivity contribution >= 4 is 5.91 Å². The molecular weight excluding hydrogens is 218 g/mol. The first-order valence-corrected chi connectivity index (χ1v) is 5.74. The number of nitrogens with one attached hydrogen (secondary N) is 1. The van der Waals surface area contributed by atoms with E-state index < -0.39 is 5.91 Å². The van der Waals surface area contributed by atoms with Gasteiger partial charge in [-0.25, -0.2) is 0 Å². The molecule has 1 aromatic rings. The van der Waals surface area contributed by atoms with Gasteiger partial charge in [-0.05, 0) is 32.9 Å². The zero-order valence-corrected chi connectivity index (χ0v) is 10.1. The highest BCUT2D eigenvalue weighted by molar-refractivity contribution is 5.94. The molecule has 0 bridgehead atoms. The molecule has 0 spiro atoms. The maximum atomic E-state index is 11.2. The number of hydrogen-bond donors (Lipinski definition) is 2. The van der Waals surface area contributed by atoms with E-state index in [2.05, 4.69) is 10.3 Å². The van der Waals surface area contributed by atoms with Gasteiger partial charge in [0.2, 0.25) is 0 Å². The summed E-state index contributed by atoms with van der Waals surface area (Å²) in [5, 5.41) is 3.28. The molecule has 5 nitrogen and oxygen atoms in total. The van der Waals surface area contributed by atoms with Crippen molar-refractivity contribution in [2.75, 3.05) is 6.54 Å². The number of aromatic nitrogens is 1. The van der Waals surface area contributed by atoms with Crippen molar-refractivity contribution in [1.82, 2.24) is 10.3 Å². The fourth-order valence-electron chi connectivity index (χ4n) is 1.84. The van der Waals surface area contributed by atoms with Crippen molar-refractivity contribution in [2.45, 2.75) is 32.4 Å². The second-order valence-corrected chi connectivity index (χ2v) is 4.34. The number of nitrogens with two attached hydrogens (primary N) is 1. The van der Waals surface area contributed by atoms with E-state index in [1.807, 2.05) is 6.92 Å². The first kappa shape index (κ1) is 11.9. The average molecular weight is 235 g/mol. The van der Waals surface area contributed by atoms with Gasteiger partial charge >= 0.3 is 0 Å². The first-order chi connectivity index (χ1) is 8.08. The van der Waals surface area contributed by atoms with Gasteiger partial charge < -0.3 is 15.8 Å². The van der Waals surface area contributed by atoms with E-state index in [0.29, 0.717) is 23.0 Å². The second-order valence-electron chi connectivity index (χ2n) is 4.34. The van der Waals surface area contributed by atoms with Crippen molar-refractivity contribution in [3.8, 4) is 5.75 Å². The smallest absolute Gasteiger partial charge is 0.250 e. The molecule has 17 heavy (non-hydrogen) atoms. The summed E-state index contributed by atoms with van der Waals surface area (Å²) in [7, 11) is 0. The van der Waals surface area contributed by atoms with E-state index in [1.54, 1.807) is 19.2 Å². The third-order valence-corrected chi connectivity index (χ3v) is 3.08. The van der Waals surface area contributed by atoms with E-state index >= 15 is 0 Å². The summed E-state index contributed by atoms with van der Waals surface area (Å²) in [6.07, 6.45) is 2.80. The molecule has 1 aromatic heterocycles. The molecule has 1 aliphatic heterocycles. The quantitative estimate of drug-likeness (QED) is 0.802. The van der Waals surface area contributed by atoms with Gasteiger partial charge in [0.1, 0.15) is 11.9 Å². The third-order valence-electron chi connectivity index (χ3n) is 3.08. The predicted octanol–water partition coefficient (Wildman–Crippen LogP) is 0.618. The lowest BCUT2D eigenvalue weighted by Gasteiger charge is -2.33. The number of amides is 1. The lowest BCUT2D eigenvalue weighted by atomic mass is 10.0. The fraction of sp³-hybridized carbons (Fsp3) is 0.500. The standard InChI is InChI=1S/C12H17N3O2/c1-7-10(12(13)16)5-9(6-15-7)17-8(2)11-3-4-14-11/h5-6,8,11,14H,3-4H2,1-2H3,(H2,13,16)/t8?,11-/m1/s1. The van der Waals surface area contributed by atoms with E-state index in [9.17, 15) is 4.79 Å². The molecule has 0 radical (unpaired) electrons. The number of hydrogen-bond acceptors (Lipinski definition) is 4. The molecule has 1 unspecified atom stereocenters. The summed E-state index contributed by atoms with van der Waals surface area (Å²) in [6.45, 7) is 4.79. The van der Waals surface area contributed by atoms with Crippen LogP contribution in [0.2, 0.25) is 0 Å². The van der Waals surface area contributed by atoms with Crippen molar-refractivity contribution in [3.05, 3.63) is 23.5 Å². The van der Waals surface area contributed by atoms with Crippen LogP contribution in [-0.4, -0.2) is 29.6 Å². The SMILES string of the molecule is Cc1ncc(OC(C)[C@H]2CCN2)cc1C(N)=O. The van der Waals surface area contributed by atoms with Crippen molar-refractivity contribution < 1.29 is 9.53 Å². The van der Waals surface area contributed by atoms with Gasteiger partial charge in [-0.2, -0.15) is 0 Å². The Morgan fingerprint density at radius 3 is 2.94 bits per heavy atom. The van der Waals surface area contributed by atoms with Crippen molar-refractivity contribution in [2.24, 2.45) is 5.73 Å². The summed E-state index contributed by atoms with van der Waals surface area (Å²) in [5.41, 5.74) is 6.30. The monoisotopic (exact) mass is 235 g/mol. The van der Waals surface area contributed by atoms with Gasteiger partial charge in [-0.3, -0.25) is 9.78 Å². The van der Waals surface area contributed by atoms with Crippen LogP contribution in [-0.2, 0) is 0 Å². The molecule has 0 saturated carbocycles. The van der Waals surface area contributed by atoms with Crippen LogP contribution in [0.5, 0.6) is 5.75 Å². The third kappa shape index (κ3) is 2.55. The molecule has 1 saturated heterocycles. The number of carbonyl (C=O) groups is 1. The van der Waals surface area contributed by atoms with Crippen LogP contribution in [0.3, 0.4) is 0 Å². The average Bonchev–Trinajstić information content (AvgIpc) is 2.17. The van der Waals surface area contributed by atoms with Gasteiger partial charge in [0.25, 0.3) is 5.91 Å². The van der Waals surface area contributed by atoms with Gasteiger partial charge in [-0.15, -0.1) is 0 Å². The number of rotatable bonds is 4. The van der Waals surface area contributed by atoms with E-state index in [-0.39, 0.29) is 6.10 Å². The molecule has 2 rings (SSSR count). The van der Waals surface area contributed by atoms with E-state index in [4.69, 9.17) is 10.5 Å². The van der Waals surface area contributed by atoms with E-state index in [0.717, 1.165) is 13.0 Å². The molecule has 2 atom stereocenters. The topological polar surface area (TPSA) is 77.2 Å². The summed E-state index contributed by atoms with van der Waals surface area (Å²) in [6, 6.07) is 2.04. The second kappa shape index (κ2) is 4.71. The van der Waals surface area contributed by atoms with Gasteiger partial charge in [-0.1, -0.05) is 0 Å². The largest absolute Gasteiger partial charge is 0.487 e. The predicted molar refractivity (Wildman–Crippen MR) is 64.0 cm³/mol. The van der Waals surface area contributed by atoms with Crippen molar-refractivity contribution in [3.63, 3.8) is 0 Å². The Bertz CT molecular complexity index is 430. The highest BCUT2D eigenvalue weighted by Gasteiger charge is 2.24. The Labute approximate surface area is 100 Å². The number of carbonyl (C=O) groups excluding carboxylic acids is 1. The minimum Gasteiger partial charge on any atom is -0.487 e. The number of aryl methyl sites for hydroxylation is 1. The molecule has 1 fully saturated rings. The Morgan fingerprint density at radius 1 is 1.71 bits per heavy atom. The fourth-order valence-corrected chi connectivity index (χ4v) is 1.84. The maximum absolute atomic E-state index is 11.2. The minimum absolute atomic E-state index is 0.0639. The molecule has 5 heteroatoms. The van der Waals surface area contributed by atoms with Crippen LogP contribution in [0.1, 0.15) is 29.4 Å². The molecule has 1 aliphatic rings. The number of nitrogens with zero attached hydrogens (tertiary/aromatic N) is 1. The zero-order chi connectivity index (χ0) is 12.4. The lowest BCUT2D eigenvalue weighted by molar-refractivity contribution is 0.0997. The van der Waals surface area contributed by atoms with Gasteiger partial charge in [0, 0.05) is 6.04 Å². The van der Waals surface area contributed by atoms with Crippen LogP contribution in [0.15, 0.2) is 12.3 Å². The Balaban J connectivity index is 2.10. The highest BCUT2D eigenvalue weighted by Crippen LogP contribution is 2.18. The molecule has 92 valence electrons. The van der Waals surface area contributed by atoms with Gasteiger partial charge in [0.05, 0.1) is 17.5 Å². The molecule has 0 aromatic carbocycles. The van der Waals surface area contributed by atoms with Crippen LogP contribution in [0.4, 0.5) is 0 Å². The number of ether oxygens (including phenoxy) is 1. The first-order valence-electron chi connectivity index (χ1n) is 5.74. The van der Waals surface area contributed by atoms with Gasteiger partial charge in [0.15, 0.2) is 0 Å². The van der Waals surface area contributed by atoms with E-state index in [1.165, 1.54) is 0 Å². The minimum atomic E-state index is -0.477. The normalized spacial score (nSPS) is 20.5. The Morgan fingerprint density at radius 2 is 2.41 bits per heavy atom. The highest BCUT2D eigenvalue weighted by atomic mass is 16.5. The zero-order valence-electron chi connectivity index (χ0n) is 10.1. The van der Waals surface area contributed by atoms with Crippen LogP contribution < -0.4 is 15.8 Å². The summed E-state index contributed by atoms with van der Waals surface area (Å²) >= 11 is 0. The molecule has 3 N–H and O–H groups in total. The molecule has 2 heterocycles. The Hall–Kier alpha value is -1.62.